The Morgan fingerprint density at radius 2 is 2.04 bits per heavy atom. The number of aromatic amines is 1. The minimum absolute atomic E-state index is 0.0818. The number of nitrogens with zero attached hydrogens (tertiary/aromatic N) is 4. The van der Waals surface area contributed by atoms with E-state index >= 15 is 0 Å². The third kappa shape index (κ3) is 3.46. The number of nitrogens with one attached hydrogen (secondary N) is 1. The lowest BCUT2D eigenvalue weighted by Crippen LogP contribution is -2.39. The van der Waals surface area contributed by atoms with E-state index in [0.717, 1.165) is 48.4 Å². The summed E-state index contributed by atoms with van der Waals surface area (Å²) in [7, 11) is 0. The zero-order valence-corrected chi connectivity index (χ0v) is 16.8. The lowest BCUT2D eigenvalue weighted by molar-refractivity contribution is 0.0705. The molecule has 1 aliphatic heterocycles. The minimum Gasteiger partial charge on any atom is -0.338 e. The number of hydrogen-bond donors (Lipinski definition) is 1. The fraction of sp³-hybridized carbons (Fsp3) is 0.409. The molecule has 0 bridgehead atoms. The van der Waals surface area contributed by atoms with E-state index in [4.69, 9.17) is 0 Å². The van der Waals surface area contributed by atoms with Gasteiger partial charge in [0, 0.05) is 43.0 Å². The summed E-state index contributed by atoms with van der Waals surface area (Å²) in [5.41, 5.74) is 6.18. The van der Waals surface area contributed by atoms with Crippen LogP contribution in [0.3, 0.4) is 0 Å². The number of aromatic nitrogens is 4. The Labute approximate surface area is 165 Å². The van der Waals surface area contributed by atoms with Crippen molar-refractivity contribution in [3.05, 3.63) is 59.2 Å². The van der Waals surface area contributed by atoms with Crippen LogP contribution in [0.1, 0.15) is 53.0 Å². The molecule has 0 aliphatic carbocycles. The van der Waals surface area contributed by atoms with Crippen molar-refractivity contribution in [3.63, 3.8) is 0 Å². The van der Waals surface area contributed by atoms with Crippen LogP contribution in [0.5, 0.6) is 0 Å². The molecule has 1 N–H and O–H groups in total. The molecule has 1 aliphatic rings. The molecular weight excluding hydrogens is 350 g/mol. The van der Waals surface area contributed by atoms with Gasteiger partial charge >= 0.3 is 0 Å². The van der Waals surface area contributed by atoms with Gasteiger partial charge in [0.05, 0.1) is 17.5 Å². The molecule has 0 radical (unpaired) electrons. The quantitative estimate of drug-likeness (QED) is 0.749. The molecule has 1 amide bonds. The SMILES string of the molecule is CCn1cc(C(=O)N2CCC[C@@H](c3[nH]ncc3-c3ccc(C)cc3)C2)c(C)n1. The number of hydrogen-bond acceptors (Lipinski definition) is 3. The van der Waals surface area contributed by atoms with Crippen LogP contribution in [0.2, 0.25) is 0 Å². The Kier molecular flexibility index (Phi) is 5.03. The third-order valence-corrected chi connectivity index (χ3v) is 5.65. The average molecular weight is 377 g/mol. The second-order valence-corrected chi connectivity index (χ2v) is 7.64. The monoisotopic (exact) mass is 377 g/mol. The molecule has 1 aromatic carbocycles. The van der Waals surface area contributed by atoms with Gasteiger partial charge in [-0.1, -0.05) is 29.8 Å². The summed E-state index contributed by atoms with van der Waals surface area (Å²) in [6, 6.07) is 8.52. The van der Waals surface area contributed by atoms with Crippen LogP contribution in [-0.2, 0) is 6.54 Å². The number of piperidine rings is 1. The fourth-order valence-corrected chi connectivity index (χ4v) is 4.03. The van der Waals surface area contributed by atoms with Crippen molar-refractivity contribution < 1.29 is 4.79 Å². The van der Waals surface area contributed by atoms with Crippen molar-refractivity contribution in [2.45, 2.75) is 46.1 Å². The van der Waals surface area contributed by atoms with E-state index in [1.165, 1.54) is 5.56 Å². The standard InChI is InChI=1S/C22H27N5O/c1-4-27-14-20(16(3)25-27)22(28)26-11-5-6-18(13-26)21-19(12-23-24-21)17-9-7-15(2)8-10-17/h7-10,12,14,18H,4-6,11,13H2,1-3H3,(H,23,24)/t18-/m1/s1. The summed E-state index contributed by atoms with van der Waals surface area (Å²) in [6.07, 6.45) is 5.81. The van der Waals surface area contributed by atoms with E-state index in [0.29, 0.717) is 12.1 Å². The van der Waals surface area contributed by atoms with Gasteiger partial charge in [-0.05, 0) is 39.2 Å². The Bertz CT molecular complexity index is 969. The first kappa shape index (κ1) is 18.5. The molecular formula is C22H27N5O. The maximum absolute atomic E-state index is 13.1. The predicted molar refractivity (Wildman–Crippen MR) is 109 cm³/mol. The number of aryl methyl sites for hydroxylation is 3. The number of amides is 1. The molecule has 146 valence electrons. The topological polar surface area (TPSA) is 66.8 Å². The van der Waals surface area contributed by atoms with Gasteiger partial charge in [-0.25, -0.2) is 0 Å². The second-order valence-electron chi connectivity index (χ2n) is 7.64. The molecule has 3 heterocycles. The maximum Gasteiger partial charge on any atom is 0.257 e. The smallest absolute Gasteiger partial charge is 0.257 e. The second kappa shape index (κ2) is 7.62. The lowest BCUT2D eigenvalue weighted by Gasteiger charge is -2.32. The predicted octanol–water partition coefficient (Wildman–Crippen LogP) is 3.93. The van der Waals surface area contributed by atoms with Gasteiger partial charge in [-0.3, -0.25) is 14.6 Å². The summed E-state index contributed by atoms with van der Waals surface area (Å²) in [5, 5.41) is 11.9. The Balaban J connectivity index is 1.56. The van der Waals surface area contributed by atoms with E-state index in [1.54, 1.807) is 0 Å². The highest BCUT2D eigenvalue weighted by molar-refractivity contribution is 5.95. The molecule has 28 heavy (non-hydrogen) atoms. The number of H-pyrrole nitrogens is 1. The first-order valence-corrected chi connectivity index (χ1v) is 10.0. The zero-order chi connectivity index (χ0) is 19.7. The van der Waals surface area contributed by atoms with Crippen molar-refractivity contribution in [2.24, 2.45) is 0 Å². The van der Waals surface area contributed by atoms with E-state index in [2.05, 4.69) is 46.5 Å². The largest absolute Gasteiger partial charge is 0.338 e. The summed E-state index contributed by atoms with van der Waals surface area (Å²) < 4.78 is 1.83. The highest BCUT2D eigenvalue weighted by atomic mass is 16.2. The van der Waals surface area contributed by atoms with Gasteiger partial charge in [0.1, 0.15) is 0 Å². The zero-order valence-electron chi connectivity index (χ0n) is 16.8. The number of likely N-dealkylation sites (tertiary alicyclic amines) is 1. The van der Waals surface area contributed by atoms with E-state index in [9.17, 15) is 4.79 Å². The summed E-state index contributed by atoms with van der Waals surface area (Å²) in [4.78, 5) is 15.1. The normalized spacial score (nSPS) is 17.1. The summed E-state index contributed by atoms with van der Waals surface area (Å²) in [5.74, 6) is 0.344. The van der Waals surface area contributed by atoms with Crippen molar-refractivity contribution in [1.82, 2.24) is 24.9 Å². The minimum atomic E-state index is 0.0818. The Morgan fingerprint density at radius 3 is 2.75 bits per heavy atom. The lowest BCUT2D eigenvalue weighted by atomic mass is 9.90. The van der Waals surface area contributed by atoms with Gasteiger partial charge in [0.25, 0.3) is 5.91 Å². The summed E-state index contributed by atoms with van der Waals surface area (Å²) in [6.45, 7) is 8.29. The molecule has 1 atom stereocenters. The molecule has 0 saturated carbocycles. The van der Waals surface area contributed by atoms with Gasteiger partial charge < -0.3 is 4.90 Å². The van der Waals surface area contributed by atoms with E-state index in [1.807, 2.05) is 35.8 Å². The molecule has 6 heteroatoms. The average Bonchev–Trinajstić information content (AvgIpc) is 3.35. The molecule has 0 spiro atoms. The first-order valence-electron chi connectivity index (χ1n) is 10.0. The highest BCUT2D eigenvalue weighted by Crippen LogP contribution is 2.33. The van der Waals surface area contributed by atoms with E-state index < -0.39 is 0 Å². The van der Waals surface area contributed by atoms with Crippen LogP contribution in [0.15, 0.2) is 36.7 Å². The molecule has 2 aromatic heterocycles. The maximum atomic E-state index is 13.1. The molecule has 1 saturated heterocycles. The number of carbonyl (C=O) groups is 1. The van der Waals surface area contributed by atoms with Crippen LogP contribution in [-0.4, -0.2) is 43.9 Å². The van der Waals surface area contributed by atoms with Crippen molar-refractivity contribution in [2.75, 3.05) is 13.1 Å². The summed E-state index contributed by atoms with van der Waals surface area (Å²) >= 11 is 0. The van der Waals surface area contributed by atoms with Crippen molar-refractivity contribution in [1.29, 1.82) is 0 Å². The number of rotatable bonds is 4. The van der Waals surface area contributed by atoms with Crippen molar-refractivity contribution >= 4 is 5.91 Å². The third-order valence-electron chi connectivity index (χ3n) is 5.65. The van der Waals surface area contributed by atoms with Crippen LogP contribution in [0.4, 0.5) is 0 Å². The van der Waals surface area contributed by atoms with Gasteiger partial charge in [0.15, 0.2) is 0 Å². The van der Waals surface area contributed by atoms with E-state index in [-0.39, 0.29) is 11.8 Å². The molecule has 4 rings (SSSR count). The van der Waals surface area contributed by atoms with Crippen LogP contribution >= 0.6 is 0 Å². The first-order chi connectivity index (χ1) is 13.6. The van der Waals surface area contributed by atoms with Gasteiger partial charge in [-0.15, -0.1) is 0 Å². The number of benzene rings is 1. The molecule has 1 fully saturated rings. The van der Waals surface area contributed by atoms with Crippen molar-refractivity contribution in [3.8, 4) is 11.1 Å². The molecule has 0 unspecified atom stereocenters. The Morgan fingerprint density at radius 1 is 1.25 bits per heavy atom. The number of carbonyl (C=O) groups excluding carboxylic acids is 1. The highest BCUT2D eigenvalue weighted by Gasteiger charge is 2.29. The Hall–Kier alpha value is -2.89. The molecule has 6 nitrogen and oxygen atoms in total. The van der Waals surface area contributed by atoms with Crippen LogP contribution in [0, 0.1) is 13.8 Å². The van der Waals surface area contributed by atoms with Crippen LogP contribution < -0.4 is 0 Å². The van der Waals surface area contributed by atoms with Gasteiger partial charge in [-0.2, -0.15) is 10.2 Å². The fourth-order valence-electron chi connectivity index (χ4n) is 4.03. The van der Waals surface area contributed by atoms with Crippen LogP contribution in [0.25, 0.3) is 11.1 Å². The van der Waals surface area contributed by atoms with Gasteiger partial charge in [0.2, 0.25) is 0 Å². The molecule has 3 aromatic rings.